The van der Waals surface area contributed by atoms with Gasteiger partial charge in [0.2, 0.25) is 5.91 Å². The van der Waals surface area contributed by atoms with Gasteiger partial charge in [-0.05, 0) is 31.0 Å². The highest BCUT2D eigenvalue weighted by Crippen LogP contribution is 2.36. The SMILES string of the molecule is CC(=O)N1CC(CCCCCCCCOc2ccc(-c3ccn[nH]3)nc2)(C(=O)O)C1. The summed E-state index contributed by atoms with van der Waals surface area (Å²) >= 11 is 0. The maximum Gasteiger partial charge on any atom is 0.313 e. The quantitative estimate of drug-likeness (QED) is 0.515. The number of aromatic amines is 1. The summed E-state index contributed by atoms with van der Waals surface area (Å²) in [7, 11) is 0. The standard InChI is InChI=1S/C22H30N4O4/c1-17(27)26-15-22(16-26,21(28)29)11-6-4-2-3-5-7-13-30-18-8-9-19(23-14-18)20-10-12-24-25-20/h8-10,12,14H,2-7,11,13,15-16H2,1H3,(H,24,25)(H,28,29). The molecule has 8 heteroatoms. The lowest BCUT2D eigenvalue weighted by Gasteiger charge is -2.47. The van der Waals surface area contributed by atoms with Crippen molar-refractivity contribution in [3.63, 3.8) is 0 Å². The number of ether oxygens (including phenoxy) is 1. The Morgan fingerprint density at radius 2 is 1.87 bits per heavy atom. The Labute approximate surface area is 176 Å². The van der Waals surface area contributed by atoms with Crippen LogP contribution in [0.3, 0.4) is 0 Å². The van der Waals surface area contributed by atoms with E-state index in [0.29, 0.717) is 26.1 Å². The Kier molecular flexibility index (Phi) is 7.43. The molecule has 3 rings (SSSR count). The number of carboxylic acid groups (broad SMARTS) is 1. The van der Waals surface area contributed by atoms with Crippen LogP contribution in [0.5, 0.6) is 5.75 Å². The number of unbranched alkanes of at least 4 members (excludes halogenated alkanes) is 5. The fourth-order valence-corrected chi connectivity index (χ4v) is 3.79. The number of pyridine rings is 1. The molecule has 2 aromatic rings. The number of H-pyrrole nitrogens is 1. The fourth-order valence-electron chi connectivity index (χ4n) is 3.79. The lowest BCUT2D eigenvalue weighted by Crippen LogP contribution is -2.61. The largest absolute Gasteiger partial charge is 0.492 e. The van der Waals surface area contributed by atoms with Gasteiger partial charge in [-0.25, -0.2) is 0 Å². The lowest BCUT2D eigenvalue weighted by atomic mass is 9.75. The molecule has 1 fully saturated rings. The maximum absolute atomic E-state index is 11.5. The summed E-state index contributed by atoms with van der Waals surface area (Å²) in [5, 5.41) is 16.3. The van der Waals surface area contributed by atoms with Gasteiger partial charge in [-0.2, -0.15) is 5.10 Å². The van der Waals surface area contributed by atoms with Gasteiger partial charge < -0.3 is 14.7 Å². The molecular weight excluding hydrogens is 384 g/mol. The summed E-state index contributed by atoms with van der Waals surface area (Å²) in [6, 6.07) is 5.69. The van der Waals surface area contributed by atoms with E-state index in [2.05, 4.69) is 15.2 Å². The van der Waals surface area contributed by atoms with Crippen molar-refractivity contribution in [1.29, 1.82) is 0 Å². The smallest absolute Gasteiger partial charge is 0.313 e. The molecule has 1 saturated heterocycles. The van der Waals surface area contributed by atoms with E-state index in [0.717, 1.165) is 55.7 Å². The van der Waals surface area contributed by atoms with Crippen LogP contribution in [0.1, 0.15) is 51.9 Å². The number of carbonyl (C=O) groups excluding carboxylic acids is 1. The monoisotopic (exact) mass is 414 g/mol. The van der Waals surface area contributed by atoms with Gasteiger partial charge in [-0.15, -0.1) is 0 Å². The van der Waals surface area contributed by atoms with Crippen LogP contribution in [0.25, 0.3) is 11.4 Å². The Balaban J connectivity index is 1.22. The van der Waals surface area contributed by atoms with Crippen molar-refractivity contribution in [2.45, 2.75) is 51.9 Å². The second-order valence-corrected chi connectivity index (χ2v) is 8.03. The minimum absolute atomic E-state index is 0.0429. The zero-order chi connectivity index (χ0) is 21.4. The first kappa shape index (κ1) is 21.8. The molecule has 2 aromatic heterocycles. The number of nitrogens with zero attached hydrogens (tertiary/aromatic N) is 3. The molecule has 2 N–H and O–H groups in total. The van der Waals surface area contributed by atoms with Crippen molar-refractivity contribution in [2.75, 3.05) is 19.7 Å². The third kappa shape index (κ3) is 5.58. The third-order valence-corrected chi connectivity index (χ3v) is 5.72. The Bertz CT molecular complexity index is 814. The predicted octanol–water partition coefficient (Wildman–Crippen LogP) is 3.51. The van der Waals surface area contributed by atoms with Crippen LogP contribution >= 0.6 is 0 Å². The molecule has 8 nitrogen and oxygen atoms in total. The fraction of sp³-hybridized carbons (Fsp3) is 0.545. The summed E-state index contributed by atoms with van der Waals surface area (Å²) in [5.41, 5.74) is 0.991. The van der Waals surface area contributed by atoms with Crippen LogP contribution in [0.4, 0.5) is 0 Å². The van der Waals surface area contributed by atoms with Crippen LogP contribution in [0, 0.1) is 5.41 Å². The zero-order valence-electron chi connectivity index (χ0n) is 17.5. The van der Waals surface area contributed by atoms with Crippen LogP contribution in [0.2, 0.25) is 0 Å². The van der Waals surface area contributed by atoms with Gasteiger partial charge >= 0.3 is 5.97 Å². The van der Waals surface area contributed by atoms with Gasteiger partial charge in [-0.3, -0.25) is 19.7 Å². The Morgan fingerprint density at radius 3 is 2.47 bits per heavy atom. The number of carbonyl (C=O) groups is 2. The molecule has 30 heavy (non-hydrogen) atoms. The average molecular weight is 415 g/mol. The van der Waals surface area contributed by atoms with Crippen molar-refractivity contribution < 1.29 is 19.4 Å². The number of hydrogen-bond donors (Lipinski definition) is 2. The van der Waals surface area contributed by atoms with E-state index >= 15 is 0 Å². The highest BCUT2D eigenvalue weighted by atomic mass is 16.5. The molecule has 3 heterocycles. The molecule has 1 aliphatic heterocycles. The van der Waals surface area contributed by atoms with Gasteiger partial charge in [-0.1, -0.05) is 32.1 Å². The molecular formula is C22H30N4O4. The molecule has 1 aliphatic rings. The van der Waals surface area contributed by atoms with E-state index in [9.17, 15) is 14.7 Å². The molecule has 0 unspecified atom stereocenters. The second-order valence-electron chi connectivity index (χ2n) is 8.03. The number of amides is 1. The number of rotatable bonds is 12. The summed E-state index contributed by atoms with van der Waals surface area (Å²) in [6.07, 6.45) is 10.3. The molecule has 0 aromatic carbocycles. The van der Waals surface area contributed by atoms with Crippen molar-refractivity contribution in [3.05, 3.63) is 30.6 Å². The molecule has 0 aliphatic carbocycles. The predicted molar refractivity (Wildman–Crippen MR) is 112 cm³/mol. The van der Waals surface area contributed by atoms with Crippen LogP contribution in [0.15, 0.2) is 30.6 Å². The lowest BCUT2D eigenvalue weighted by molar-refractivity contribution is -0.166. The molecule has 0 atom stereocenters. The van der Waals surface area contributed by atoms with Crippen LogP contribution in [-0.4, -0.2) is 56.8 Å². The molecule has 0 spiro atoms. The Morgan fingerprint density at radius 1 is 1.13 bits per heavy atom. The first-order chi connectivity index (χ1) is 14.5. The molecule has 0 saturated carbocycles. The minimum atomic E-state index is -0.774. The van der Waals surface area contributed by atoms with Gasteiger partial charge in [0, 0.05) is 26.2 Å². The van der Waals surface area contributed by atoms with E-state index < -0.39 is 11.4 Å². The van der Waals surface area contributed by atoms with Gasteiger partial charge in [0.25, 0.3) is 0 Å². The summed E-state index contributed by atoms with van der Waals surface area (Å²) in [6.45, 7) is 2.86. The maximum atomic E-state index is 11.5. The molecule has 162 valence electrons. The number of hydrogen-bond acceptors (Lipinski definition) is 5. The highest BCUT2D eigenvalue weighted by molar-refractivity contribution is 5.82. The van der Waals surface area contributed by atoms with Gasteiger partial charge in [0.05, 0.1) is 24.2 Å². The van der Waals surface area contributed by atoms with Crippen molar-refractivity contribution in [2.24, 2.45) is 5.41 Å². The van der Waals surface area contributed by atoms with E-state index in [-0.39, 0.29) is 5.91 Å². The zero-order valence-corrected chi connectivity index (χ0v) is 17.5. The van der Waals surface area contributed by atoms with E-state index in [1.807, 2.05) is 18.2 Å². The number of likely N-dealkylation sites (tertiary alicyclic amines) is 1. The van der Waals surface area contributed by atoms with E-state index in [1.54, 1.807) is 17.3 Å². The first-order valence-corrected chi connectivity index (χ1v) is 10.6. The minimum Gasteiger partial charge on any atom is -0.492 e. The number of aliphatic carboxylic acids is 1. The topological polar surface area (TPSA) is 108 Å². The van der Waals surface area contributed by atoms with E-state index in [1.165, 1.54) is 6.92 Å². The Hall–Kier alpha value is -2.90. The van der Waals surface area contributed by atoms with Crippen molar-refractivity contribution in [1.82, 2.24) is 20.1 Å². The van der Waals surface area contributed by atoms with Crippen LogP contribution < -0.4 is 4.74 Å². The number of aromatic nitrogens is 3. The number of nitrogens with one attached hydrogen (secondary N) is 1. The third-order valence-electron chi connectivity index (χ3n) is 5.72. The number of carboxylic acids is 1. The summed E-state index contributed by atoms with van der Waals surface area (Å²) < 4.78 is 5.74. The van der Waals surface area contributed by atoms with Crippen LogP contribution in [-0.2, 0) is 9.59 Å². The molecule has 0 radical (unpaired) electrons. The molecule has 1 amide bonds. The molecule has 0 bridgehead atoms. The van der Waals surface area contributed by atoms with Gasteiger partial charge in [0.15, 0.2) is 0 Å². The van der Waals surface area contributed by atoms with E-state index in [4.69, 9.17) is 4.74 Å². The summed E-state index contributed by atoms with van der Waals surface area (Å²) in [4.78, 5) is 28.8. The second kappa shape index (κ2) is 10.2. The first-order valence-electron chi connectivity index (χ1n) is 10.6. The highest BCUT2D eigenvalue weighted by Gasteiger charge is 2.49. The average Bonchev–Trinajstić information content (AvgIpc) is 3.23. The summed E-state index contributed by atoms with van der Waals surface area (Å²) in [5.74, 6) is -0.0554. The normalized spacial score (nSPS) is 14.9. The van der Waals surface area contributed by atoms with Gasteiger partial charge in [0.1, 0.15) is 11.2 Å². The van der Waals surface area contributed by atoms with Crippen molar-refractivity contribution >= 4 is 11.9 Å². The van der Waals surface area contributed by atoms with Crippen molar-refractivity contribution in [3.8, 4) is 17.1 Å².